The zero-order valence-electron chi connectivity index (χ0n) is 14.0. The van der Waals surface area contributed by atoms with Gasteiger partial charge in [0.05, 0.1) is 6.04 Å². The monoisotopic (exact) mass is 341 g/mol. The normalized spacial score (nSPS) is 16.8. The fourth-order valence-corrected chi connectivity index (χ4v) is 2.97. The molecule has 25 heavy (non-hydrogen) atoms. The number of hydrogen-bond acceptors (Lipinski definition) is 2. The van der Waals surface area contributed by atoms with E-state index in [-0.39, 0.29) is 30.2 Å². The van der Waals surface area contributed by atoms with E-state index in [1.54, 1.807) is 17.0 Å². The molecule has 2 N–H and O–H groups in total. The van der Waals surface area contributed by atoms with Gasteiger partial charge in [-0.3, -0.25) is 4.79 Å². The second-order valence-corrected chi connectivity index (χ2v) is 5.99. The van der Waals surface area contributed by atoms with Crippen molar-refractivity contribution in [3.05, 3.63) is 59.9 Å². The van der Waals surface area contributed by atoms with Crippen molar-refractivity contribution >= 4 is 23.3 Å². The van der Waals surface area contributed by atoms with E-state index in [4.69, 9.17) is 0 Å². The molecular weight excluding hydrogens is 321 g/mol. The van der Waals surface area contributed by atoms with E-state index in [9.17, 15) is 14.0 Å². The molecule has 1 heterocycles. The predicted octanol–water partition coefficient (Wildman–Crippen LogP) is 3.32. The number of nitrogens with one attached hydrogen (secondary N) is 2. The van der Waals surface area contributed by atoms with Gasteiger partial charge in [0.1, 0.15) is 5.82 Å². The van der Waals surface area contributed by atoms with Crippen molar-refractivity contribution in [1.29, 1.82) is 0 Å². The lowest BCUT2D eigenvalue weighted by molar-refractivity contribution is -0.117. The van der Waals surface area contributed by atoms with Crippen LogP contribution in [0.4, 0.5) is 20.6 Å². The highest BCUT2D eigenvalue weighted by atomic mass is 19.1. The maximum absolute atomic E-state index is 13.0. The molecule has 1 aliphatic rings. The van der Waals surface area contributed by atoms with E-state index in [2.05, 4.69) is 10.6 Å². The van der Waals surface area contributed by atoms with Gasteiger partial charge in [-0.2, -0.15) is 0 Å². The van der Waals surface area contributed by atoms with E-state index in [1.165, 1.54) is 12.1 Å². The predicted molar refractivity (Wildman–Crippen MR) is 95.1 cm³/mol. The first-order valence-corrected chi connectivity index (χ1v) is 8.28. The van der Waals surface area contributed by atoms with E-state index in [0.717, 1.165) is 17.7 Å². The van der Waals surface area contributed by atoms with Crippen LogP contribution in [0.3, 0.4) is 0 Å². The van der Waals surface area contributed by atoms with Crippen LogP contribution in [-0.4, -0.2) is 24.5 Å². The number of hydrogen-bond donors (Lipinski definition) is 2. The number of para-hydroxylation sites is 1. The molecule has 1 aliphatic heterocycles. The number of rotatable bonds is 4. The van der Waals surface area contributed by atoms with Crippen molar-refractivity contribution in [3.63, 3.8) is 0 Å². The van der Waals surface area contributed by atoms with Gasteiger partial charge in [-0.15, -0.1) is 0 Å². The Morgan fingerprint density at radius 2 is 1.92 bits per heavy atom. The summed E-state index contributed by atoms with van der Waals surface area (Å²) in [6.45, 7) is 2.39. The topological polar surface area (TPSA) is 61.4 Å². The average molecular weight is 341 g/mol. The van der Waals surface area contributed by atoms with Crippen molar-refractivity contribution in [3.8, 4) is 0 Å². The molecule has 1 atom stereocenters. The average Bonchev–Trinajstić information content (AvgIpc) is 2.96. The Morgan fingerprint density at radius 3 is 2.64 bits per heavy atom. The van der Waals surface area contributed by atoms with Crippen LogP contribution >= 0.6 is 0 Å². The van der Waals surface area contributed by atoms with Gasteiger partial charge >= 0.3 is 6.03 Å². The van der Waals surface area contributed by atoms with E-state index >= 15 is 0 Å². The van der Waals surface area contributed by atoms with E-state index < -0.39 is 0 Å². The molecule has 1 saturated heterocycles. The Labute approximate surface area is 145 Å². The first-order chi connectivity index (χ1) is 12.1. The summed E-state index contributed by atoms with van der Waals surface area (Å²) in [6, 6.07) is 12.7. The fourth-order valence-electron chi connectivity index (χ4n) is 2.97. The summed E-state index contributed by atoms with van der Waals surface area (Å²) in [6.07, 6.45) is 1.04. The zero-order chi connectivity index (χ0) is 17.8. The SMILES string of the molecule is CCc1ccccc1NC(=O)N[C@@H]1CC(=O)N(c2ccc(F)cc2)C1. The van der Waals surface area contributed by atoms with Gasteiger partial charge in [-0.05, 0) is 42.3 Å². The number of carbonyl (C=O) groups excluding carboxylic acids is 2. The number of anilines is 2. The van der Waals surface area contributed by atoms with Crippen molar-refractivity contribution in [2.75, 3.05) is 16.8 Å². The number of benzene rings is 2. The second kappa shape index (κ2) is 7.34. The smallest absolute Gasteiger partial charge is 0.319 e. The number of carbonyl (C=O) groups is 2. The van der Waals surface area contributed by atoms with Crippen LogP contribution in [0, 0.1) is 5.82 Å². The number of amides is 3. The Kier molecular flexibility index (Phi) is 4.97. The molecule has 0 spiro atoms. The summed E-state index contributed by atoms with van der Waals surface area (Å²) >= 11 is 0. The Bertz CT molecular complexity index is 776. The largest absolute Gasteiger partial charge is 0.333 e. The molecule has 0 aromatic heterocycles. The fraction of sp³-hybridized carbons (Fsp3) is 0.263. The molecule has 1 fully saturated rings. The van der Waals surface area contributed by atoms with Gasteiger partial charge in [0.2, 0.25) is 5.91 Å². The molecule has 2 aromatic rings. The van der Waals surface area contributed by atoms with Gasteiger partial charge in [-0.1, -0.05) is 25.1 Å². The van der Waals surface area contributed by atoms with Crippen LogP contribution in [0.5, 0.6) is 0 Å². The maximum atomic E-state index is 13.0. The van der Waals surface area contributed by atoms with Crippen LogP contribution in [0.15, 0.2) is 48.5 Å². The summed E-state index contributed by atoms with van der Waals surface area (Å²) in [5.74, 6) is -0.440. The lowest BCUT2D eigenvalue weighted by Gasteiger charge is -2.18. The molecule has 0 bridgehead atoms. The van der Waals surface area contributed by atoms with Crippen molar-refractivity contribution in [2.24, 2.45) is 0 Å². The molecule has 0 radical (unpaired) electrons. The summed E-state index contributed by atoms with van der Waals surface area (Å²) in [5, 5.41) is 5.67. The van der Waals surface area contributed by atoms with Crippen LogP contribution < -0.4 is 15.5 Å². The molecular formula is C19H20FN3O2. The third-order valence-corrected chi connectivity index (χ3v) is 4.25. The van der Waals surface area contributed by atoms with E-state index in [0.29, 0.717) is 12.2 Å². The Balaban J connectivity index is 1.61. The minimum absolute atomic E-state index is 0.0918. The quantitative estimate of drug-likeness (QED) is 0.896. The van der Waals surface area contributed by atoms with Crippen LogP contribution in [0.1, 0.15) is 18.9 Å². The van der Waals surface area contributed by atoms with Crippen LogP contribution in [0.25, 0.3) is 0 Å². The van der Waals surface area contributed by atoms with Gasteiger partial charge in [-0.25, -0.2) is 9.18 Å². The number of halogens is 1. The summed E-state index contributed by atoms with van der Waals surface area (Å²) < 4.78 is 13.0. The minimum atomic E-state index is -0.348. The second-order valence-electron chi connectivity index (χ2n) is 5.99. The van der Waals surface area contributed by atoms with Gasteiger partial charge < -0.3 is 15.5 Å². The standard InChI is InChI=1S/C19H20FN3O2/c1-2-13-5-3-4-6-17(13)22-19(25)21-15-11-18(24)23(12-15)16-9-7-14(20)8-10-16/h3-10,15H,2,11-12H2,1H3,(H2,21,22,25)/t15-/m1/s1. The van der Waals surface area contributed by atoms with Crippen molar-refractivity contribution < 1.29 is 14.0 Å². The Hall–Kier alpha value is -2.89. The maximum Gasteiger partial charge on any atom is 0.319 e. The van der Waals surface area contributed by atoms with Gasteiger partial charge in [0, 0.05) is 24.3 Å². The highest BCUT2D eigenvalue weighted by Gasteiger charge is 2.31. The van der Waals surface area contributed by atoms with Crippen molar-refractivity contribution in [2.45, 2.75) is 25.8 Å². The summed E-state index contributed by atoms with van der Waals surface area (Å²) in [4.78, 5) is 26.0. The third-order valence-electron chi connectivity index (χ3n) is 4.25. The summed E-state index contributed by atoms with van der Waals surface area (Å²) in [7, 11) is 0. The molecule has 0 aliphatic carbocycles. The lowest BCUT2D eigenvalue weighted by atomic mass is 10.1. The molecule has 3 amide bonds. The van der Waals surface area contributed by atoms with Gasteiger partial charge in [0.15, 0.2) is 0 Å². The van der Waals surface area contributed by atoms with Crippen LogP contribution in [0.2, 0.25) is 0 Å². The molecule has 6 heteroatoms. The highest BCUT2D eigenvalue weighted by Crippen LogP contribution is 2.22. The van der Waals surface area contributed by atoms with E-state index in [1.807, 2.05) is 31.2 Å². The number of nitrogens with zero attached hydrogens (tertiary/aromatic N) is 1. The third kappa shape index (κ3) is 3.96. The molecule has 130 valence electrons. The van der Waals surface area contributed by atoms with Crippen LogP contribution in [-0.2, 0) is 11.2 Å². The Morgan fingerprint density at radius 1 is 1.20 bits per heavy atom. The molecule has 2 aromatic carbocycles. The van der Waals surface area contributed by atoms with Gasteiger partial charge in [0.25, 0.3) is 0 Å². The lowest BCUT2D eigenvalue weighted by Crippen LogP contribution is -2.39. The molecule has 3 rings (SSSR count). The molecule has 0 saturated carbocycles. The van der Waals surface area contributed by atoms with Crippen molar-refractivity contribution in [1.82, 2.24) is 5.32 Å². The molecule has 5 nitrogen and oxygen atoms in total. The number of aryl methyl sites for hydroxylation is 1. The molecule has 0 unspecified atom stereocenters. The zero-order valence-corrected chi connectivity index (χ0v) is 14.0. The minimum Gasteiger partial charge on any atom is -0.333 e. The first kappa shape index (κ1) is 17.0. The number of urea groups is 1. The summed E-state index contributed by atoms with van der Waals surface area (Å²) in [5.41, 5.74) is 2.45. The highest BCUT2D eigenvalue weighted by molar-refractivity contribution is 5.97. The first-order valence-electron chi connectivity index (χ1n) is 8.28.